The third-order valence-corrected chi connectivity index (χ3v) is 6.08. The molecule has 7 heteroatoms. The van der Waals surface area contributed by atoms with E-state index in [1.165, 1.54) is 0 Å². The van der Waals surface area contributed by atoms with Crippen molar-refractivity contribution in [3.05, 3.63) is 35.4 Å². The van der Waals surface area contributed by atoms with Crippen LogP contribution in [0.5, 0.6) is 0 Å². The van der Waals surface area contributed by atoms with E-state index in [-0.39, 0.29) is 17.8 Å². The van der Waals surface area contributed by atoms with Gasteiger partial charge in [0.1, 0.15) is 0 Å². The zero-order valence-electron chi connectivity index (χ0n) is 15.3. The van der Waals surface area contributed by atoms with Gasteiger partial charge in [0.05, 0.1) is 28.7 Å². The maximum Gasteiger partial charge on any atom is 0.407 e. The van der Waals surface area contributed by atoms with E-state index in [1.807, 2.05) is 19.9 Å². The quantitative estimate of drug-likeness (QED) is 0.799. The van der Waals surface area contributed by atoms with Gasteiger partial charge in [-0.1, -0.05) is 26.0 Å². The number of nitrogens with one attached hydrogen (secondary N) is 1. The van der Waals surface area contributed by atoms with E-state index in [2.05, 4.69) is 5.32 Å². The van der Waals surface area contributed by atoms with Crippen LogP contribution >= 0.6 is 0 Å². The zero-order chi connectivity index (χ0) is 19.2. The summed E-state index contributed by atoms with van der Waals surface area (Å²) in [6.07, 6.45) is -0.892. The molecule has 2 atom stereocenters. The van der Waals surface area contributed by atoms with E-state index in [4.69, 9.17) is 10.00 Å². The first-order valence-electron chi connectivity index (χ1n) is 8.25. The number of benzene rings is 1. The molecule has 138 valence electrons. The molecule has 0 spiro atoms. The summed E-state index contributed by atoms with van der Waals surface area (Å²) in [6.45, 7) is 8.77. The summed E-state index contributed by atoms with van der Waals surface area (Å²) in [7, 11) is -3.50. The van der Waals surface area contributed by atoms with Crippen molar-refractivity contribution in [2.24, 2.45) is 5.92 Å². The second kappa shape index (κ2) is 8.86. The Labute approximate surface area is 150 Å². The molecular weight excluding hydrogens is 340 g/mol. The van der Waals surface area contributed by atoms with Crippen LogP contribution in [-0.4, -0.2) is 32.4 Å². The number of carbonyl (C=O) groups excluding carboxylic acids is 1. The van der Waals surface area contributed by atoms with Crippen LogP contribution in [0.4, 0.5) is 4.79 Å². The van der Waals surface area contributed by atoms with Crippen LogP contribution in [0.25, 0.3) is 0 Å². The predicted octanol–water partition coefficient (Wildman–Crippen LogP) is 3.19. The van der Waals surface area contributed by atoms with Gasteiger partial charge < -0.3 is 10.1 Å². The number of sulfone groups is 1. The number of rotatable bonds is 7. The van der Waals surface area contributed by atoms with E-state index < -0.39 is 27.2 Å². The summed E-state index contributed by atoms with van der Waals surface area (Å²) in [4.78, 5) is 11.8. The van der Waals surface area contributed by atoms with Crippen molar-refractivity contribution in [2.45, 2.75) is 52.0 Å². The highest BCUT2D eigenvalue weighted by Gasteiger charge is 2.29. The van der Waals surface area contributed by atoms with Gasteiger partial charge in [0.25, 0.3) is 0 Å². The average Bonchev–Trinajstić information content (AvgIpc) is 2.52. The Hall–Kier alpha value is -2.07. The van der Waals surface area contributed by atoms with Crippen molar-refractivity contribution in [1.29, 1.82) is 5.26 Å². The maximum absolute atomic E-state index is 12.7. The predicted molar refractivity (Wildman–Crippen MR) is 96.7 cm³/mol. The second-order valence-electron chi connectivity index (χ2n) is 6.65. The second-order valence-corrected chi connectivity index (χ2v) is 9.02. The maximum atomic E-state index is 12.7. The number of ether oxygens (including phenoxy) is 1. The number of nitriles is 1. The standard InChI is InChI=1S/C18H26N2O4S/c1-12(2)17(20-18(21)24-13(3)4)11-25(22,23)14(5)16-8-6-15(10-19)7-9-16/h6-9,12-14,17H,11H2,1-5H3,(H,20,21)/t14?,17-/m1/s1. The molecule has 1 unspecified atom stereocenters. The van der Waals surface area contributed by atoms with Gasteiger partial charge in [0.15, 0.2) is 9.84 Å². The molecule has 0 aromatic heterocycles. The molecule has 0 bridgehead atoms. The molecule has 1 aromatic rings. The van der Waals surface area contributed by atoms with Crippen molar-refractivity contribution < 1.29 is 17.9 Å². The molecule has 1 N–H and O–H groups in total. The molecule has 0 fully saturated rings. The minimum Gasteiger partial charge on any atom is -0.447 e. The van der Waals surface area contributed by atoms with Crippen molar-refractivity contribution in [3.8, 4) is 6.07 Å². The molecule has 1 aromatic carbocycles. The number of alkyl carbamates (subject to hydrolysis) is 1. The zero-order valence-corrected chi connectivity index (χ0v) is 16.1. The van der Waals surface area contributed by atoms with Gasteiger partial charge in [0, 0.05) is 6.04 Å². The first kappa shape index (κ1) is 21.0. The van der Waals surface area contributed by atoms with Crippen LogP contribution in [0.15, 0.2) is 24.3 Å². The van der Waals surface area contributed by atoms with Crippen molar-refractivity contribution in [3.63, 3.8) is 0 Å². The minimum atomic E-state index is -3.50. The van der Waals surface area contributed by atoms with Crippen LogP contribution in [-0.2, 0) is 14.6 Å². The highest BCUT2D eigenvalue weighted by molar-refractivity contribution is 7.91. The van der Waals surface area contributed by atoms with Gasteiger partial charge in [-0.3, -0.25) is 0 Å². The smallest absolute Gasteiger partial charge is 0.407 e. The van der Waals surface area contributed by atoms with E-state index >= 15 is 0 Å². The molecule has 1 rings (SSSR count). The highest BCUT2D eigenvalue weighted by Crippen LogP contribution is 2.24. The minimum absolute atomic E-state index is 0.0670. The Morgan fingerprint density at radius 1 is 1.16 bits per heavy atom. The first-order chi connectivity index (χ1) is 11.6. The average molecular weight is 366 g/mol. The van der Waals surface area contributed by atoms with Gasteiger partial charge in [-0.05, 0) is 44.4 Å². The van der Waals surface area contributed by atoms with Crippen LogP contribution in [0.1, 0.15) is 51.0 Å². The molecule has 0 aliphatic carbocycles. The van der Waals surface area contributed by atoms with Crippen molar-refractivity contribution >= 4 is 15.9 Å². The lowest BCUT2D eigenvalue weighted by atomic mass is 10.1. The van der Waals surface area contributed by atoms with Gasteiger partial charge >= 0.3 is 6.09 Å². The van der Waals surface area contributed by atoms with Crippen molar-refractivity contribution in [1.82, 2.24) is 5.32 Å². The summed E-state index contributed by atoms with van der Waals surface area (Å²) in [5.41, 5.74) is 1.10. The molecule has 0 radical (unpaired) electrons. The Balaban J connectivity index is 2.90. The molecule has 1 amide bonds. The lowest BCUT2D eigenvalue weighted by Crippen LogP contribution is -2.44. The Kier molecular flexibility index (Phi) is 7.43. The fourth-order valence-corrected chi connectivity index (χ4v) is 4.06. The van der Waals surface area contributed by atoms with Gasteiger partial charge in [-0.15, -0.1) is 0 Å². The molecular formula is C18H26N2O4S. The Morgan fingerprint density at radius 3 is 2.16 bits per heavy atom. The summed E-state index contributed by atoms with van der Waals surface area (Å²) < 4.78 is 30.5. The summed E-state index contributed by atoms with van der Waals surface area (Å²) in [5.74, 6) is -0.249. The Morgan fingerprint density at radius 2 is 1.72 bits per heavy atom. The number of hydrogen-bond acceptors (Lipinski definition) is 5. The Bertz CT molecular complexity index is 718. The van der Waals surface area contributed by atoms with Crippen molar-refractivity contribution in [2.75, 3.05) is 5.75 Å². The molecule has 6 nitrogen and oxygen atoms in total. The third-order valence-electron chi connectivity index (χ3n) is 3.91. The lowest BCUT2D eigenvalue weighted by molar-refractivity contribution is 0.111. The van der Waals surface area contributed by atoms with Gasteiger partial charge in [-0.2, -0.15) is 5.26 Å². The fourth-order valence-electron chi connectivity index (χ4n) is 2.23. The van der Waals surface area contributed by atoms with E-state index in [1.54, 1.807) is 45.0 Å². The molecule has 0 aliphatic rings. The van der Waals surface area contributed by atoms with Crippen LogP contribution in [0, 0.1) is 17.2 Å². The largest absolute Gasteiger partial charge is 0.447 e. The molecule has 0 aliphatic heterocycles. The van der Waals surface area contributed by atoms with E-state index in [9.17, 15) is 13.2 Å². The van der Waals surface area contributed by atoms with E-state index in [0.29, 0.717) is 11.1 Å². The SMILES string of the molecule is CC(C)OC(=O)N[C@H](CS(=O)(=O)C(C)c1ccc(C#N)cc1)C(C)C. The fraction of sp³-hybridized carbons (Fsp3) is 0.556. The normalized spacial score (nSPS) is 14.0. The molecule has 25 heavy (non-hydrogen) atoms. The summed E-state index contributed by atoms with van der Waals surface area (Å²) >= 11 is 0. The molecule has 0 saturated heterocycles. The van der Waals surface area contributed by atoms with Crippen LogP contribution in [0.2, 0.25) is 0 Å². The summed E-state index contributed by atoms with van der Waals surface area (Å²) in [6, 6.07) is 7.94. The molecule has 0 heterocycles. The first-order valence-corrected chi connectivity index (χ1v) is 9.97. The number of hydrogen-bond donors (Lipinski definition) is 1. The van der Waals surface area contributed by atoms with Gasteiger partial charge in [-0.25, -0.2) is 13.2 Å². The van der Waals surface area contributed by atoms with Crippen LogP contribution < -0.4 is 5.32 Å². The monoisotopic (exact) mass is 366 g/mol. The topological polar surface area (TPSA) is 96.3 Å². The van der Waals surface area contributed by atoms with E-state index in [0.717, 1.165) is 0 Å². The molecule has 0 saturated carbocycles. The third kappa shape index (κ3) is 6.39. The highest BCUT2D eigenvalue weighted by atomic mass is 32.2. The van der Waals surface area contributed by atoms with Gasteiger partial charge in [0.2, 0.25) is 0 Å². The number of amides is 1. The summed E-state index contributed by atoms with van der Waals surface area (Å²) in [5, 5.41) is 10.7. The number of carbonyl (C=O) groups is 1. The van der Waals surface area contributed by atoms with Crippen LogP contribution in [0.3, 0.4) is 0 Å². The number of nitrogens with zero attached hydrogens (tertiary/aromatic N) is 1. The lowest BCUT2D eigenvalue weighted by Gasteiger charge is -2.24.